The fraction of sp³-hybridized carbons (Fsp3) is 0.158. The van der Waals surface area contributed by atoms with E-state index >= 15 is 0 Å². The molecule has 2 aromatic carbocycles. The molecule has 2 rings (SSSR count). The number of carbonyl (C=O) groups excluding carboxylic acids is 2. The zero-order valence-corrected chi connectivity index (χ0v) is 16.6. The van der Waals surface area contributed by atoms with Crippen LogP contribution in [0.2, 0.25) is 0 Å². The van der Waals surface area contributed by atoms with Crippen molar-refractivity contribution in [3.63, 3.8) is 0 Å². The summed E-state index contributed by atoms with van der Waals surface area (Å²) in [5, 5.41) is 2.74. The molecule has 2 aromatic rings. The van der Waals surface area contributed by atoms with Gasteiger partial charge < -0.3 is 20.2 Å². The van der Waals surface area contributed by atoms with E-state index in [0.717, 1.165) is 4.47 Å². The van der Waals surface area contributed by atoms with Crippen molar-refractivity contribution < 1.29 is 19.1 Å². The molecule has 2 amide bonds. The number of benzene rings is 2. The molecule has 8 heteroatoms. The number of methoxy groups -OCH3 is 2. The first-order valence-electron chi connectivity index (χ1n) is 7.94. The minimum atomic E-state index is -0.427. The molecular formula is C19H20BrN3O4. The van der Waals surface area contributed by atoms with E-state index in [0.29, 0.717) is 28.4 Å². The Labute approximate surface area is 165 Å². The molecule has 27 heavy (non-hydrogen) atoms. The van der Waals surface area contributed by atoms with Crippen LogP contribution in [0.15, 0.2) is 59.2 Å². The number of nitrogens with one attached hydrogen (secondary N) is 3. The van der Waals surface area contributed by atoms with Crippen LogP contribution in [0.4, 0.5) is 5.69 Å². The number of hydrogen-bond donors (Lipinski definition) is 3. The van der Waals surface area contributed by atoms with Gasteiger partial charge in [0, 0.05) is 21.9 Å². The zero-order valence-electron chi connectivity index (χ0n) is 15.0. The smallest absolute Gasteiger partial charge is 0.273 e. The van der Waals surface area contributed by atoms with Crippen molar-refractivity contribution in [2.24, 2.45) is 0 Å². The lowest BCUT2D eigenvalue weighted by molar-refractivity contribution is -0.115. The van der Waals surface area contributed by atoms with Gasteiger partial charge >= 0.3 is 0 Å². The van der Waals surface area contributed by atoms with Gasteiger partial charge in [0.15, 0.2) is 0 Å². The average Bonchev–Trinajstić information content (AvgIpc) is 2.67. The number of hydrogen-bond acceptors (Lipinski definition) is 5. The molecule has 0 saturated heterocycles. The molecule has 0 aromatic heterocycles. The number of hydrazine groups is 1. The van der Waals surface area contributed by atoms with Gasteiger partial charge in [-0.2, -0.15) is 0 Å². The molecule has 0 saturated carbocycles. The third kappa shape index (κ3) is 6.03. The molecular weight excluding hydrogens is 414 g/mol. The van der Waals surface area contributed by atoms with Crippen molar-refractivity contribution in [3.05, 3.63) is 64.8 Å². The Kier molecular flexibility index (Phi) is 7.25. The third-order valence-electron chi connectivity index (χ3n) is 3.51. The number of ether oxygens (including phenoxy) is 2. The molecule has 3 N–H and O–H groups in total. The highest BCUT2D eigenvalue weighted by molar-refractivity contribution is 9.10. The van der Waals surface area contributed by atoms with E-state index in [9.17, 15) is 9.59 Å². The van der Waals surface area contributed by atoms with Gasteiger partial charge in [0.05, 0.1) is 26.2 Å². The van der Waals surface area contributed by atoms with E-state index in [1.165, 1.54) is 14.2 Å². The van der Waals surface area contributed by atoms with Gasteiger partial charge in [0.25, 0.3) is 5.91 Å². The molecule has 0 radical (unpaired) electrons. The second kappa shape index (κ2) is 9.63. The third-order valence-corrected chi connectivity index (χ3v) is 4.04. The summed E-state index contributed by atoms with van der Waals surface area (Å²) in [5.74, 6) is 0.257. The molecule has 0 fully saturated rings. The van der Waals surface area contributed by atoms with Crippen LogP contribution in [-0.2, 0) is 4.79 Å². The molecule has 0 unspecified atom stereocenters. The molecule has 0 heterocycles. The highest BCUT2D eigenvalue weighted by Gasteiger charge is 2.14. The van der Waals surface area contributed by atoms with Crippen LogP contribution in [0, 0.1) is 0 Å². The Hall–Kier alpha value is -3.00. The van der Waals surface area contributed by atoms with E-state index in [4.69, 9.17) is 9.47 Å². The van der Waals surface area contributed by atoms with Gasteiger partial charge in [-0.3, -0.25) is 15.0 Å². The minimum absolute atomic E-state index is 0.00388. The topological polar surface area (TPSA) is 88.7 Å². The molecule has 142 valence electrons. The predicted octanol–water partition coefficient (Wildman–Crippen LogP) is 3.24. The normalized spacial score (nSPS) is 9.89. The first-order chi connectivity index (χ1) is 12.9. The highest BCUT2D eigenvalue weighted by atomic mass is 79.9. The summed E-state index contributed by atoms with van der Waals surface area (Å²) in [6.45, 7) is 3.74. The summed E-state index contributed by atoms with van der Waals surface area (Å²) in [4.78, 5) is 24.3. The molecule has 0 atom stereocenters. The van der Waals surface area contributed by atoms with Crippen LogP contribution in [-0.4, -0.2) is 26.0 Å². The number of rotatable bonds is 8. The molecule has 0 aliphatic heterocycles. The zero-order chi connectivity index (χ0) is 19.8. The lowest BCUT2D eigenvalue weighted by Crippen LogP contribution is -2.37. The summed E-state index contributed by atoms with van der Waals surface area (Å²) in [6, 6.07) is 12.0. The number of halogens is 1. The van der Waals surface area contributed by atoms with Gasteiger partial charge in [0.1, 0.15) is 11.5 Å². The fourth-order valence-corrected chi connectivity index (χ4v) is 2.44. The second-order valence-corrected chi connectivity index (χ2v) is 6.40. The van der Waals surface area contributed by atoms with Crippen molar-refractivity contribution in [1.82, 2.24) is 10.9 Å². The molecule has 0 aliphatic rings. The first kappa shape index (κ1) is 20.3. The summed E-state index contributed by atoms with van der Waals surface area (Å²) >= 11 is 3.33. The van der Waals surface area contributed by atoms with E-state index < -0.39 is 5.91 Å². The second-order valence-electron chi connectivity index (χ2n) is 5.48. The van der Waals surface area contributed by atoms with E-state index in [1.54, 1.807) is 30.3 Å². The summed E-state index contributed by atoms with van der Waals surface area (Å²) in [7, 11) is 2.99. The molecule has 7 nitrogen and oxygen atoms in total. The Balaban J connectivity index is 1.86. The quantitative estimate of drug-likeness (QED) is 0.556. The van der Waals surface area contributed by atoms with Crippen molar-refractivity contribution in [1.29, 1.82) is 0 Å². The lowest BCUT2D eigenvalue weighted by atomic mass is 10.2. The van der Waals surface area contributed by atoms with E-state index in [1.807, 2.05) is 12.1 Å². The maximum absolute atomic E-state index is 12.3. The van der Waals surface area contributed by atoms with Gasteiger partial charge in [-0.15, -0.1) is 0 Å². The average molecular weight is 434 g/mol. The Morgan fingerprint density at radius 3 is 2.37 bits per heavy atom. The molecule has 0 aliphatic carbocycles. The number of carbonyl (C=O) groups is 2. The van der Waals surface area contributed by atoms with Crippen molar-refractivity contribution in [3.8, 4) is 11.5 Å². The van der Waals surface area contributed by atoms with Gasteiger partial charge in [-0.25, -0.2) is 0 Å². The Bertz CT molecular complexity index is 837. The van der Waals surface area contributed by atoms with Gasteiger partial charge in [-0.05, 0) is 36.4 Å². The molecule has 0 bridgehead atoms. The Morgan fingerprint density at radius 1 is 1.04 bits per heavy atom. The first-order valence-corrected chi connectivity index (χ1v) is 8.74. The van der Waals surface area contributed by atoms with Crippen LogP contribution in [0.25, 0.3) is 0 Å². The van der Waals surface area contributed by atoms with Crippen molar-refractivity contribution >= 4 is 33.4 Å². The lowest BCUT2D eigenvalue weighted by Gasteiger charge is -2.13. The van der Waals surface area contributed by atoms with Crippen LogP contribution in [0.1, 0.15) is 16.8 Å². The monoisotopic (exact) mass is 433 g/mol. The summed E-state index contributed by atoms with van der Waals surface area (Å²) < 4.78 is 11.2. The largest absolute Gasteiger partial charge is 0.497 e. The van der Waals surface area contributed by atoms with Crippen molar-refractivity contribution in [2.75, 3.05) is 19.5 Å². The predicted molar refractivity (Wildman–Crippen MR) is 107 cm³/mol. The van der Waals surface area contributed by atoms with Crippen LogP contribution < -0.4 is 25.6 Å². The fourth-order valence-electron chi connectivity index (χ4n) is 2.17. The SMILES string of the molecule is C=C(CC(=O)Nc1ccc(Br)cc1)NNC(=O)c1ccc(OC)cc1OC. The number of anilines is 1. The standard InChI is InChI=1S/C19H20BrN3O4/c1-12(10-18(24)21-14-6-4-13(20)5-7-14)22-23-19(25)16-9-8-15(26-2)11-17(16)27-3/h4-9,11,22H,1,10H2,2-3H3,(H,21,24)(H,23,25). The maximum Gasteiger partial charge on any atom is 0.273 e. The molecule has 0 spiro atoms. The highest BCUT2D eigenvalue weighted by Crippen LogP contribution is 2.24. The van der Waals surface area contributed by atoms with Crippen LogP contribution in [0.5, 0.6) is 11.5 Å². The van der Waals surface area contributed by atoms with E-state index in [-0.39, 0.29) is 12.3 Å². The van der Waals surface area contributed by atoms with Crippen LogP contribution in [0.3, 0.4) is 0 Å². The summed E-state index contributed by atoms with van der Waals surface area (Å²) in [6.07, 6.45) is -0.00388. The van der Waals surface area contributed by atoms with Crippen LogP contribution >= 0.6 is 15.9 Å². The Morgan fingerprint density at radius 2 is 1.74 bits per heavy atom. The van der Waals surface area contributed by atoms with Gasteiger partial charge in [0.2, 0.25) is 5.91 Å². The van der Waals surface area contributed by atoms with Crippen molar-refractivity contribution in [2.45, 2.75) is 6.42 Å². The number of amides is 2. The summed E-state index contributed by atoms with van der Waals surface area (Å²) in [5.41, 5.74) is 6.45. The van der Waals surface area contributed by atoms with Gasteiger partial charge in [-0.1, -0.05) is 22.5 Å². The maximum atomic E-state index is 12.3. The minimum Gasteiger partial charge on any atom is -0.497 e. The van der Waals surface area contributed by atoms with E-state index in [2.05, 4.69) is 38.7 Å².